The molecule has 31 heavy (non-hydrogen) atoms. The van der Waals surface area contributed by atoms with Crippen molar-refractivity contribution in [2.75, 3.05) is 5.32 Å². The van der Waals surface area contributed by atoms with Crippen molar-refractivity contribution in [1.29, 1.82) is 0 Å². The highest BCUT2D eigenvalue weighted by molar-refractivity contribution is 6.25. The molecule has 0 saturated carbocycles. The summed E-state index contributed by atoms with van der Waals surface area (Å²) in [4.78, 5) is 54.3. The van der Waals surface area contributed by atoms with E-state index in [-0.39, 0.29) is 42.0 Å². The van der Waals surface area contributed by atoms with Gasteiger partial charge < -0.3 is 5.32 Å². The number of benzene rings is 2. The van der Waals surface area contributed by atoms with Gasteiger partial charge in [-0.2, -0.15) is 0 Å². The van der Waals surface area contributed by atoms with E-state index in [0.29, 0.717) is 5.69 Å². The fourth-order valence-electron chi connectivity index (χ4n) is 4.09. The van der Waals surface area contributed by atoms with Gasteiger partial charge in [-0.1, -0.05) is 36.4 Å². The molecule has 1 saturated heterocycles. The molecule has 4 rings (SSSR count). The predicted octanol–water partition coefficient (Wildman–Crippen LogP) is 3.21. The highest BCUT2D eigenvalue weighted by atomic mass is 16.2. The van der Waals surface area contributed by atoms with E-state index in [9.17, 15) is 19.2 Å². The number of rotatable bonds is 4. The molecular formula is C24H25N3O4. The molecule has 2 aliphatic rings. The van der Waals surface area contributed by atoms with E-state index in [1.54, 1.807) is 18.2 Å². The summed E-state index contributed by atoms with van der Waals surface area (Å²) >= 11 is 0. The molecule has 1 fully saturated rings. The maximum absolute atomic E-state index is 13.3. The van der Waals surface area contributed by atoms with Crippen molar-refractivity contribution in [3.8, 4) is 0 Å². The van der Waals surface area contributed by atoms with Gasteiger partial charge in [0.25, 0.3) is 17.7 Å². The molecule has 2 aromatic carbocycles. The molecule has 0 aliphatic carbocycles. The van der Waals surface area contributed by atoms with Gasteiger partial charge in [-0.15, -0.1) is 0 Å². The Bertz CT molecular complexity index is 1070. The van der Waals surface area contributed by atoms with Gasteiger partial charge in [0.2, 0.25) is 5.91 Å². The summed E-state index contributed by atoms with van der Waals surface area (Å²) in [7, 11) is 0. The van der Waals surface area contributed by atoms with Crippen molar-refractivity contribution in [2.45, 2.75) is 51.7 Å². The van der Waals surface area contributed by atoms with E-state index < -0.39 is 23.8 Å². The van der Waals surface area contributed by atoms with Crippen LogP contribution < -0.4 is 5.32 Å². The number of anilines is 1. The molecule has 2 aromatic rings. The Balaban J connectivity index is 1.64. The van der Waals surface area contributed by atoms with Gasteiger partial charge >= 0.3 is 0 Å². The van der Waals surface area contributed by atoms with E-state index in [1.807, 2.05) is 51.1 Å². The SMILES string of the molecule is CC(C)(C)Nc1cccc2c1C(=O)N(C1CCC(=O)N(Cc3ccccc3)C1=O)C2=O. The van der Waals surface area contributed by atoms with E-state index in [1.165, 1.54) is 0 Å². The second-order valence-corrected chi connectivity index (χ2v) is 8.94. The third-order valence-electron chi connectivity index (χ3n) is 5.43. The van der Waals surface area contributed by atoms with Crippen LogP contribution in [0.2, 0.25) is 0 Å². The topological polar surface area (TPSA) is 86.8 Å². The molecule has 1 atom stereocenters. The van der Waals surface area contributed by atoms with Gasteiger partial charge in [-0.05, 0) is 44.9 Å². The van der Waals surface area contributed by atoms with E-state index >= 15 is 0 Å². The van der Waals surface area contributed by atoms with Crippen LogP contribution >= 0.6 is 0 Å². The van der Waals surface area contributed by atoms with Crippen LogP contribution in [0.15, 0.2) is 48.5 Å². The average Bonchev–Trinajstić information content (AvgIpc) is 2.97. The summed E-state index contributed by atoms with van der Waals surface area (Å²) < 4.78 is 0. The zero-order chi connectivity index (χ0) is 22.3. The minimum atomic E-state index is -0.990. The quantitative estimate of drug-likeness (QED) is 0.769. The van der Waals surface area contributed by atoms with Crippen LogP contribution in [0.25, 0.3) is 0 Å². The van der Waals surface area contributed by atoms with Gasteiger partial charge in [0, 0.05) is 17.6 Å². The van der Waals surface area contributed by atoms with Crippen LogP contribution in [0.1, 0.15) is 59.9 Å². The van der Waals surface area contributed by atoms with Crippen LogP contribution in [-0.4, -0.2) is 45.0 Å². The summed E-state index contributed by atoms with van der Waals surface area (Å²) in [5, 5.41) is 3.27. The second kappa shape index (κ2) is 7.65. The van der Waals surface area contributed by atoms with Crippen LogP contribution in [0, 0.1) is 0 Å². The van der Waals surface area contributed by atoms with Crippen LogP contribution in [0.4, 0.5) is 5.69 Å². The monoisotopic (exact) mass is 419 g/mol. The first-order chi connectivity index (χ1) is 14.7. The molecule has 1 N–H and O–H groups in total. The molecule has 7 nitrogen and oxygen atoms in total. The molecule has 7 heteroatoms. The van der Waals surface area contributed by atoms with E-state index in [0.717, 1.165) is 15.4 Å². The molecule has 1 unspecified atom stereocenters. The van der Waals surface area contributed by atoms with Crippen LogP contribution in [0.5, 0.6) is 0 Å². The Labute approximate surface area is 181 Å². The lowest BCUT2D eigenvalue weighted by Crippen LogP contribution is -2.55. The summed E-state index contributed by atoms with van der Waals surface area (Å²) in [5.74, 6) is -1.80. The van der Waals surface area contributed by atoms with Crippen molar-refractivity contribution in [3.05, 3.63) is 65.2 Å². The number of carbonyl (C=O) groups is 4. The normalized spacial score (nSPS) is 19.1. The number of fused-ring (bicyclic) bond motifs is 1. The van der Waals surface area contributed by atoms with Gasteiger partial charge in [0.15, 0.2) is 0 Å². The number of likely N-dealkylation sites (tertiary alicyclic amines) is 1. The fourth-order valence-corrected chi connectivity index (χ4v) is 4.09. The average molecular weight is 419 g/mol. The van der Waals surface area contributed by atoms with Crippen molar-refractivity contribution in [1.82, 2.24) is 9.80 Å². The number of hydrogen-bond donors (Lipinski definition) is 1. The largest absolute Gasteiger partial charge is 0.380 e. The molecule has 2 aliphatic heterocycles. The summed E-state index contributed by atoms with van der Waals surface area (Å²) in [5.41, 5.74) is 1.61. The van der Waals surface area contributed by atoms with Crippen molar-refractivity contribution in [3.63, 3.8) is 0 Å². The maximum Gasteiger partial charge on any atom is 0.264 e. The smallest absolute Gasteiger partial charge is 0.264 e. The second-order valence-electron chi connectivity index (χ2n) is 8.94. The number of amides is 4. The molecule has 2 heterocycles. The van der Waals surface area contributed by atoms with Gasteiger partial charge in [-0.3, -0.25) is 29.0 Å². The number of piperidine rings is 1. The molecule has 0 radical (unpaired) electrons. The number of nitrogens with zero attached hydrogens (tertiary/aromatic N) is 2. The Morgan fingerprint density at radius 2 is 1.65 bits per heavy atom. The Morgan fingerprint density at radius 1 is 0.935 bits per heavy atom. The van der Waals surface area contributed by atoms with Crippen molar-refractivity contribution in [2.24, 2.45) is 0 Å². The fraction of sp³-hybridized carbons (Fsp3) is 0.333. The minimum Gasteiger partial charge on any atom is -0.380 e. The van der Waals surface area contributed by atoms with Crippen molar-refractivity contribution >= 4 is 29.3 Å². The summed E-state index contributed by atoms with van der Waals surface area (Å²) in [6, 6.07) is 13.3. The number of nitrogens with one attached hydrogen (secondary N) is 1. The lowest BCUT2D eigenvalue weighted by atomic mass is 10.0. The Morgan fingerprint density at radius 3 is 2.32 bits per heavy atom. The summed E-state index contributed by atoms with van der Waals surface area (Å²) in [6.45, 7) is 6.00. The van der Waals surface area contributed by atoms with E-state index in [2.05, 4.69) is 5.32 Å². The molecule has 4 amide bonds. The highest BCUT2D eigenvalue weighted by Crippen LogP contribution is 2.34. The van der Waals surface area contributed by atoms with E-state index in [4.69, 9.17) is 0 Å². The van der Waals surface area contributed by atoms with Crippen LogP contribution in [-0.2, 0) is 16.1 Å². The van der Waals surface area contributed by atoms with Gasteiger partial charge in [0.1, 0.15) is 6.04 Å². The Kier molecular flexibility index (Phi) is 5.13. The first kappa shape index (κ1) is 20.8. The molecule has 160 valence electrons. The van der Waals surface area contributed by atoms with Crippen molar-refractivity contribution < 1.29 is 19.2 Å². The zero-order valence-electron chi connectivity index (χ0n) is 17.8. The molecular weight excluding hydrogens is 394 g/mol. The number of imide groups is 2. The highest BCUT2D eigenvalue weighted by Gasteiger charge is 2.47. The van der Waals surface area contributed by atoms with Gasteiger partial charge in [-0.25, -0.2) is 0 Å². The minimum absolute atomic E-state index is 0.101. The van der Waals surface area contributed by atoms with Crippen LogP contribution in [0.3, 0.4) is 0 Å². The zero-order valence-corrected chi connectivity index (χ0v) is 17.8. The molecule has 0 aromatic heterocycles. The molecule has 0 bridgehead atoms. The third-order valence-corrected chi connectivity index (χ3v) is 5.43. The Hall–Kier alpha value is -3.48. The summed E-state index contributed by atoms with van der Waals surface area (Å²) in [6.07, 6.45) is 0.236. The number of carbonyl (C=O) groups excluding carboxylic acids is 4. The predicted molar refractivity (Wildman–Crippen MR) is 115 cm³/mol. The third kappa shape index (κ3) is 3.83. The molecule has 0 spiro atoms. The maximum atomic E-state index is 13.3. The lowest BCUT2D eigenvalue weighted by Gasteiger charge is -2.34. The lowest BCUT2D eigenvalue weighted by molar-refractivity contribution is -0.152. The standard InChI is InChI=1S/C24H25N3O4/c1-24(2,3)25-17-11-7-10-16-20(17)23(31)27(21(16)29)18-12-13-19(28)26(22(18)30)14-15-8-5-4-6-9-15/h4-11,18,25H,12-14H2,1-3H3. The van der Waals surface area contributed by atoms with Gasteiger partial charge in [0.05, 0.1) is 17.7 Å². The number of hydrogen-bond acceptors (Lipinski definition) is 5. The first-order valence-electron chi connectivity index (χ1n) is 10.3. The first-order valence-corrected chi connectivity index (χ1v) is 10.3.